The van der Waals surface area contributed by atoms with Gasteiger partial charge in [0.1, 0.15) is 11.5 Å². The minimum atomic E-state index is -0.273. The predicted octanol–water partition coefficient (Wildman–Crippen LogP) is 7.51. The maximum atomic E-state index is 13.1. The highest BCUT2D eigenvalue weighted by Crippen LogP contribution is 2.25. The number of ether oxygens (including phenoxy) is 1. The summed E-state index contributed by atoms with van der Waals surface area (Å²) in [5.41, 5.74) is 1.84. The Kier molecular flexibility index (Phi) is 6.44. The molecule has 0 amide bonds. The molecule has 0 fully saturated rings. The van der Waals surface area contributed by atoms with Gasteiger partial charge in [-0.05, 0) is 109 Å². The highest BCUT2D eigenvalue weighted by atomic mass is 35.5. The average Bonchev–Trinajstić information content (AvgIpc) is 2.92. The molecule has 0 aliphatic heterocycles. The van der Waals surface area contributed by atoms with E-state index in [0.29, 0.717) is 54.7 Å². The normalized spacial score (nSPS) is 11.2. The van der Waals surface area contributed by atoms with Crippen LogP contribution in [0.1, 0.15) is 0 Å². The van der Waals surface area contributed by atoms with Gasteiger partial charge in [0.25, 0.3) is 11.1 Å². The standard InChI is InChI=1S/C28H16Cl2N4O3S2/c29-15-1-11-23-21(13-15)25(35)33(27(38)31-23)17-3-7-19(8-4-17)37-20-9-5-18(6-10-20)34-26(36)22-14-16(30)2-12-24(22)32-28(34)39/h1-14H,(H,31,38)(H,32,39). The van der Waals surface area contributed by atoms with Gasteiger partial charge in [-0.3, -0.25) is 18.7 Å². The van der Waals surface area contributed by atoms with Gasteiger partial charge in [0.15, 0.2) is 9.54 Å². The zero-order chi connectivity index (χ0) is 27.3. The fourth-order valence-corrected chi connectivity index (χ4v) is 5.24. The van der Waals surface area contributed by atoms with Crippen LogP contribution in [0, 0.1) is 9.54 Å². The SMILES string of the molecule is O=c1c2cc(Cl)ccc2[nH]c(=S)n1-c1ccc(Oc2ccc(-n3c(=S)[nH]c4ccc(Cl)cc4c3=O)cc2)cc1. The molecule has 0 saturated carbocycles. The number of nitrogens with zero attached hydrogens (tertiary/aromatic N) is 2. The number of fused-ring (bicyclic) bond motifs is 2. The van der Waals surface area contributed by atoms with E-state index in [9.17, 15) is 9.59 Å². The molecule has 0 aliphatic carbocycles. The molecule has 2 heterocycles. The van der Waals surface area contributed by atoms with Gasteiger partial charge in [0, 0.05) is 10.0 Å². The maximum Gasteiger partial charge on any atom is 0.266 e. The molecule has 0 atom stereocenters. The van der Waals surface area contributed by atoms with Crippen LogP contribution in [0.4, 0.5) is 0 Å². The lowest BCUT2D eigenvalue weighted by Gasteiger charge is -2.11. The lowest BCUT2D eigenvalue weighted by Crippen LogP contribution is -2.20. The quantitative estimate of drug-likeness (QED) is 0.207. The van der Waals surface area contributed by atoms with E-state index in [1.54, 1.807) is 84.9 Å². The van der Waals surface area contributed by atoms with Gasteiger partial charge in [-0.2, -0.15) is 0 Å². The lowest BCUT2D eigenvalue weighted by atomic mass is 10.2. The molecule has 0 radical (unpaired) electrons. The summed E-state index contributed by atoms with van der Waals surface area (Å²) in [6, 6.07) is 24.0. The number of aromatic nitrogens is 4. The van der Waals surface area contributed by atoms with Gasteiger partial charge in [-0.15, -0.1) is 0 Å². The van der Waals surface area contributed by atoms with E-state index in [2.05, 4.69) is 9.97 Å². The van der Waals surface area contributed by atoms with Crippen molar-refractivity contribution in [1.29, 1.82) is 0 Å². The van der Waals surface area contributed by atoms with Gasteiger partial charge in [0.2, 0.25) is 0 Å². The highest BCUT2D eigenvalue weighted by Gasteiger charge is 2.11. The predicted molar refractivity (Wildman–Crippen MR) is 160 cm³/mol. The van der Waals surface area contributed by atoms with Crippen molar-refractivity contribution < 1.29 is 4.74 Å². The molecule has 192 valence electrons. The second-order valence-corrected chi connectivity index (χ2v) is 10.3. The first-order chi connectivity index (χ1) is 18.8. The van der Waals surface area contributed by atoms with Crippen LogP contribution in [0.15, 0.2) is 94.5 Å². The third-order valence-corrected chi connectivity index (χ3v) is 7.18. The molecule has 11 heteroatoms. The van der Waals surface area contributed by atoms with E-state index in [1.165, 1.54) is 9.13 Å². The van der Waals surface area contributed by atoms with Crippen molar-refractivity contribution in [3.63, 3.8) is 0 Å². The third-order valence-electron chi connectivity index (χ3n) is 6.15. The Labute approximate surface area is 240 Å². The Morgan fingerprint density at radius 2 is 0.974 bits per heavy atom. The summed E-state index contributed by atoms with van der Waals surface area (Å²) < 4.78 is 9.32. The summed E-state index contributed by atoms with van der Waals surface area (Å²) in [5, 5.41) is 1.79. The molecular formula is C28H16Cl2N4O3S2. The Morgan fingerprint density at radius 3 is 1.36 bits per heavy atom. The monoisotopic (exact) mass is 590 g/mol. The average molecular weight is 592 g/mol. The zero-order valence-corrected chi connectivity index (χ0v) is 22.9. The second-order valence-electron chi connectivity index (χ2n) is 8.61. The molecule has 6 aromatic rings. The first kappa shape index (κ1) is 25.3. The molecule has 0 aliphatic rings. The van der Waals surface area contributed by atoms with E-state index in [4.69, 9.17) is 52.4 Å². The molecule has 0 bridgehead atoms. The number of hydrogen-bond acceptors (Lipinski definition) is 5. The van der Waals surface area contributed by atoms with Crippen molar-refractivity contribution in [2.75, 3.05) is 0 Å². The molecular weight excluding hydrogens is 575 g/mol. The molecule has 7 nitrogen and oxygen atoms in total. The van der Waals surface area contributed by atoms with Crippen molar-refractivity contribution in [3.05, 3.63) is 125 Å². The van der Waals surface area contributed by atoms with E-state index < -0.39 is 0 Å². The van der Waals surface area contributed by atoms with E-state index in [-0.39, 0.29) is 20.7 Å². The van der Waals surface area contributed by atoms with Gasteiger partial charge < -0.3 is 14.7 Å². The molecule has 39 heavy (non-hydrogen) atoms. The molecule has 2 N–H and O–H groups in total. The maximum absolute atomic E-state index is 13.1. The van der Waals surface area contributed by atoms with E-state index >= 15 is 0 Å². The summed E-state index contributed by atoms with van der Waals surface area (Å²) in [7, 11) is 0. The van der Waals surface area contributed by atoms with Crippen molar-refractivity contribution in [1.82, 2.24) is 19.1 Å². The third kappa shape index (κ3) is 4.70. The summed E-state index contributed by atoms with van der Waals surface area (Å²) in [4.78, 5) is 32.4. The minimum absolute atomic E-state index is 0.267. The van der Waals surface area contributed by atoms with Crippen molar-refractivity contribution >= 4 is 69.4 Å². The van der Waals surface area contributed by atoms with Crippen molar-refractivity contribution in [2.45, 2.75) is 0 Å². The van der Waals surface area contributed by atoms with Gasteiger partial charge in [-0.1, -0.05) is 23.2 Å². The number of halogens is 2. The first-order valence-corrected chi connectivity index (χ1v) is 13.1. The van der Waals surface area contributed by atoms with Crippen LogP contribution in [0.5, 0.6) is 11.5 Å². The number of aromatic amines is 2. The fourth-order valence-electron chi connectivity index (χ4n) is 4.30. The van der Waals surface area contributed by atoms with Gasteiger partial charge >= 0.3 is 0 Å². The summed E-state index contributed by atoms with van der Waals surface area (Å²) in [5.74, 6) is 1.10. The number of benzene rings is 4. The Balaban J connectivity index is 1.28. The smallest absolute Gasteiger partial charge is 0.266 e. The van der Waals surface area contributed by atoms with Crippen molar-refractivity contribution in [3.8, 4) is 22.9 Å². The van der Waals surface area contributed by atoms with Crippen LogP contribution in [0.3, 0.4) is 0 Å². The number of nitrogens with one attached hydrogen (secondary N) is 2. The zero-order valence-electron chi connectivity index (χ0n) is 19.8. The second kappa shape index (κ2) is 9.94. The Morgan fingerprint density at radius 1 is 0.590 bits per heavy atom. The van der Waals surface area contributed by atoms with Crippen LogP contribution in [0.25, 0.3) is 33.2 Å². The Hall–Kier alpha value is -4.02. The largest absolute Gasteiger partial charge is 0.457 e. The van der Waals surface area contributed by atoms with E-state index in [1.807, 2.05) is 0 Å². The molecule has 2 aromatic heterocycles. The fraction of sp³-hybridized carbons (Fsp3) is 0. The summed E-state index contributed by atoms with van der Waals surface area (Å²) >= 11 is 23.0. The van der Waals surface area contributed by atoms with E-state index in [0.717, 1.165) is 0 Å². The van der Waals surface area contributed by atoms with Gasteiger partial charge in [-0.25, -0.2) is 0 Å². The Bertz CT molecular complexity index is 1990. The number of hydrogen-bond donors (Lipinski definition) is 2. The van der Waals surface area contributed by atoms with Gasteiger partial charge in [0.05, 0.1) is 33.2 Å². The van der Waals surface area contributed by atoms with Crippen LogP contribution in [-0.2, 0) is 0 Å². The van der Waals surface area contributed by atoms with Crippen LogP contribution >= 0.6 is 47.6 Å². The minimum Gasteiger partial charge on any atom is -0.457 e. The topological polar surface area (TPSA) is 84.8 Å². The first-order valence-electron chi connectivity index (χ1n) is 11.6. The summed E-state index contributed by atoms with van der Waals surface area (Å²) in [6.45, 7) is 0. The molecule has 0 spiro atoms. The van der Waals surface area contributed by atoms with Crippen LogP contribution < -0.4 is 15.9 Å². The summed E-state index contributed by atoms with van der Waals surface area (Å²) in [6.07, 6.45) is 0. The molecule has 0 saturated heterocycles. The number of H-pyrrole nitrogens is 2. The number of rotatable bonds is 4. The van der Waals surface area contributed by atoms with Crippen LogP contribution in [0.2, 0.25) is 10.0 Å². The highest BCUT2D eigenvalue weighted by molar-refractivity contribution is 7.71. The van der Waals surface area contributed by atoms with Crippen molar-refractivity contribution in [2.24, 2.45) is 0 Å². The molecule has 6 rings (SSSR count). The lowest BCUT2D eigenvalue weighted by molar-refractivity contribution is 0.482. The molecule has 4 aromatic carbocycles. The molecule has 0 unspecified atom stereocenters. The van der Waals surface area contributed by atoms with Crippen LogP contribution in [-0.4, -0.2) is 19.1 Å².